The first-order chi connectivity index (χ1) is 12.9. The van der Waals surface area contributed by atoms with Gasteiger partial charge in [0.2, 0.25) is 0 Å². The monoisotopic (exact) mass is 367 g/mol. The van der Waals surface area contributed by atoms with Crippen molar-refractivity contribution < 1.29 is 24.2 Å². The SMILES string of the molecule is COC(=O)C1=C(C)N[C@@H](c2c(O)ccc3ccccc23)C(C(=O)OC)=C1C. The lowest BCUT2D eigenvalue weighted by Gasteiger charge is -2.31. The van der Waals surface area contributed by atoms with Crippen LogP contribution in [0.3, 0.4) is 0 Å². The second-order valence-electron chi connectivity index (χ2n) is 6.32. The van der Waals surface area contributed by atoms with Crippen LogP contribution in [-0.4, -0.2) is 31.3 Å². The zero-order chi connectivity index (χ0) is 19.7. The Bertz CT molecular complexity index is 1000. The largest absolute Gasteiger partial charge is 0.508 e. The minimum atomic E-state index is -0.669. The summed E-state index contributed by atoms with van der Waals surface area (Å²) in [6.45, 7) is 3.41. The number of fused-ring (bicyclic) bond motifs is 1. The fourth-order valence-corrected chi connectivity index (χ4v) is 3.59. The minimum Gasteiger partial charge on any atom is -0.508 e. The Labute approximate surface area is 157 Å². The normalized spacial score (nSPS) is 17.0. The second-order valence-corrected chi connectivity index (χ2v) is 6.32. The second kappa shape index (κ2) is 7.15. The van der Waals surface area contributed by atoms with E-state index in [-0.39, 0.29) is 16.9 Å². The van der Waals surface area contributed by atoms with Gasteiger partial charge in [-0.3, -0.25) is 0 Å². The van der Waals surface area contributed by atoms with Crippen LogP contribution in [0, 0.1) is 0 Å². The van der Waals surface area contributed by atoms with Gasteiger partial charge in [0.15, 0.2) is 0 Å². The topological polar surface area (TPSA) is 84.9 Å². The molecular weight excluding hydrogens is 346 g/mol. The van der Waals surface area contributed by atoms with E-state index in [1.54, 1.807) is 19.9 Å². The highest BCUT2D eigenvalue weighted by Gasteiger charge is 2.36. The van der Waals surface area contributed by atoms with Gasteiger partial charge in [-0.2, -0.15) is 0 Å². The molecule has 1 aliphatic heterocycles. The number of rotatable bonds is 3. The molecule has 0 aromatic heterocycles. The summed E-state index contributed by atoms with van der Waals surface area (Å²) in [6, 6.07) is 10.3. The van der Waals surface area contributed by atoms with Crippen LogP contribution in [0.5, 0.6) is 5.75 Å². The van der Waals surface area contributed by atoms with Crippen LogP contribution in [0.2, 0.25) is 0 Å². The number of esters is 2. The molecule has 140 valence electrons. The summed E-state index contributed by atoms with van der Waals surface area (Å²) in [4.78, 5) is 24.8. The lowest BCUT2D eigenvalue weighted by molar-refractivity contribution is -0.136. The summed E-state index contributed by atoms with van der Waals surface area (Å²) in [5.41, 5.74) is 2.12. The van der Waals surface area contributed by atoms with E-state index in [2.05, 4.69) is 5.32 Å². The first kappa shape index (κ1) is 18.5. The van der Waals surface area contributed by atoms with Crippen molar-refractivity contribution in [2.75, 3.05) is 14.2 Å². The van der Waals surface area contributed by atoms with Crippen molar-refractivity contribution in [3.05, 3.63) is 64.4 Å². The highest BCUT2D eigenvalue weighted by Crippen LogP contribution is 2.41. The number of aromatic hydroxyl groups is 1. The number of allylic oxidation sites excluding steroid dienone is 1. The molecule has 1 aliphatic rings. The van der Waals surface area contributed by atoms with Crippen LogP contribution in [0.15, 0.2) is 58.8 Å². The van der Waals surface area contributed by atoms with Gasteiger partial charge >= 0.3 is 11.9 Å². The Balaban J connectivity index is 2.29. The predicted octanol–water partition coefficient (Wildman–Crippen LogP) is 3.13. The number of carbonyl (C=O) groups excluding carboxylic acids is 2. The van der Waals surface area contributed by atoms with Gasteiger partial charge in [-0.15, -0.1) is 0 Å². The summed E-state index contributed by atoms with van der Waals surface area (Å²) in [7, 11) is 2.57. The molecule has 0 aliphatic carbocycles. The van der Waals surface area contributed by atoms with Crippen molar-refractivity contribution in [3.8, 4) is 5.75 Å². The van der Waals surface area contributed by atoms with Gasteiger partial charge in [-0.05, 0) is 36.3 Å². The number of nitrogens with one attached hydrogen (secondary N) is 1. The number of benzene rings is 2. The fraction of sp³-hybridized carbons (Fsp3) is 0.238. The molecule has 2 aromatic rings. The molecule has 3 rings (SSSR count). The van der Waals surface area contributed by atoms with Crippen molar-refractivity contribution in [2.45, 2.75) is 19.9 Å². The Morgan fingerprint density at radius 1 is 1.00 bits per heavy atom. The summed E-state index contributed by atoms with van der Waals surface area (Å²) in [5, 5.41) is 15.5. The van der Waals surface area contributed by atoms with Gasteiger partial charge in [0.25, 0.3) is 0 Å². The van der Waals surface area contributed by atoms with E-state index in [4.69, 9.17) is 9.47 Å². The van der Waals surface area contributed by atoms with E-state index in [0.29, 0.717) is 16.8 Å². The summed E-state index contributed by atoms with van der Waals surface area (Å²) < 4.78 is 9.82. The Hall–Kier alpha value is -3.28. The number of phenols is 1. The standard InChI is InChI=1S/C21H21NO5/c1-11-16(20(24)26-3)12(2)22-19(17(11)21(25)27-4)18-14-8-6-5-7-13(14)9-10-15(18)23/h5-10,19,22-23H,1-4H3/t19-/m1/s1. The zero-order valence-electron chi connectivity index (χ0n) is 15.6. The maximum Gasteiger partial charge on any atom is 0.339 e. The average Bonchev–Trinajstić information content (AvgIpc) is 2.66. The molecule has 0 saturated heterocycles. The number of hydrogen-bond acceptors (Lipinski definition) is 6. The summed E-state index contributed by atoms with van der Waals surface area (Å²) in [5.74, 6) is -1.07. The fourth-order valence-electron chi connectivity index (χ4n) is 3.59. The number of phenolic OH excluding ortho intramolecular Hbond substituents is 1. The van der Waals surface area contributed by atoms with Crippen molar-refractivity contribution in [2.24, 2.45) is 0 Å². The summed E-state index contributed by atoms with van der Waals surface area (Å²) in [6.07, 6.45) is 0. The smallest absolute Gasteiger partial charge is 0.339 e. The molecule has 1 heterocycles. The minimum absolute atomic E-state index is 0.0507. The lowest BCUT2D eigenvalue weighted by Crippen LogP contribution is -2.33. The van der Waals surface area contributed by atoms with Crippen LogP contribution in [0.1, 0.15) is 25.5 Å². The maximum atomic E-state index is 12.6. The van der Waals surface area contributed by atoms with Gasteiger partial charge in [0.05, 0.1) is 31.4 Å². The molecule has 0 amide bonds. The Morgan fingerprint density at radius 3 is 2.33 bits per heavy atom. The van der Waals surface area contributed by atoms with E-state index in [0.717, 1.165) is 10.8 Å². The third-order valence-corrected chi connectivity index (χ3v) is 4.83. The van der Waals surface area contributed by atoms with Crippen molar-refractivity contribution in [1.29, 1.82) is 0 Å². The number of dihydropyridines is 1. The number of carbonyl (C=O) groups is 2. The average molecular weight is 367 g/mol. The lowest BCUT2D eigenvalue weighted by atomic mass is 9.85. The highest BCUT2D eigenvalue weighted by molar-refractivity contribution is 6.01. The number of methoxy groups -OCH3 is 2. The molecule has 6 nitrogen and oxygen atoms in total. The van der Waals surface area contributed by atoms with Crippen LogP contribution in [0.25, 0.3) is 10.8 Å². The third kappa shape index (κ3) is 3.03. The van der Waals surface area contributed by atoms with Gasteiger partial charge < -0.3 is 19.9 Å². The number of ether oxygens (including phenoxy) is 2. The van der Waals surface area contributed by atoms with Crippen LogP contribution in [-0.2, 0) is 19.1 Å². The molecule has 0 spiro atoms. The maximum absolute atomic E-state index is 12.6. The third-order valence-electron chi connectivity index (χ3n) is 4.83. The van der Waals surface area contributed by atoms with Gasteiger partial charge in [0, 0.05) is 11.3 Å². The zero-order valence-corrected chi connectivity index (χ0v) is 15.6. The van der Waals surface area contributed by atoms with Crippen molar-refractivity contribution in [1.82, 2.24) is 5.32 Å². The molecular formula is C21H21NO5. The molecule has 6 heteroatoms. The number of hydrogen-bond donors (Lipinski definition) is 2. The van der Waals surface area contributed by atoms with Gasteiger partial charge in [0.1, 0.15) is 5.75 Å². The first-order valence-electron chi connectivity index (χ1n) is 8.46. The predicted molar refractivity (Wildman–Crippen MR) is 101 cm³/mol. The molecule has 0 saturated carbocycles. The van der Waals surface area contributed by atoms with Crippen LogP contribution >= 0.6 is 0 Å². The van der Waals surface area contributed by atoms with E-state index < -0.39 is 18.0 Å². The van der Waals surface area contributed by atoms with E-state index in [1.165, 1.54) is 14.2 Å². The Kier molecular flexibility index (Phi) is 4.90. The first-order valence-corrected chi connectivity index (χ1v) is 8.46. The quantitative estimate of drug-likeness (QED) is 0.811. The molecule has 0 unspecified atom stereocenters. The molecule has 0 fully saturated rings. The molecule has 0 radical (unpaired) electrons. The highest BCUT2D eigenvalue weighted by atomic mass is 16.5. The molecule has 2 aromatic carbocycles. The Morgan fingerprint density at radius 2 is 1.67 bits per heavy atom. The van der Waals surface area contributed by atoms with Crippen LogP contribution in [0.4, 0.5) is 0 Å². The van der Waals surface area contributed by atoms with Gasteiger partial charge in [-0.25, -0.2) is 9.59 Å². The summed E-state index contributed by atoms with van der Waals surface area (Å²) >= 11 is 0. The van der Waals surface area contributed by atoms with E-state index in [9.17, 15) is 14.7 Å². The van der Waals surface area contributed by atoms with Gasteiger partial charge in [-0.1, -0.05) is 30.3 Å². The molecule has 1 atom stereocenters. The van der Waals surface area contributed by atoms with Crippen LogP contribution < -0.4 is 5.32 Å². The van der Waals surface area contributed by atoms with E-state index in [1.807, 2.05) is 30.3 Å². The van der Waals surface area contributed by atoms with E-state index >= 15 is 0 Å². The molecule has 27 heavy (non-hydrogen) atoms. The van der Waals surface area contributed by atoms with Crippen molar-refractivity contribution >= 4 is 22.7 Å². The molecule has 2 N–H and O–H groups in total. The molecule has 0 bridgehead atoms. The van der Waals surface area contributed by atoms with Crippen molar-refractivity contribution in [3.63, 3.8) is 0 Å².